The van der Waals surface area contributed by atoms with Crippen LogP contribution in [0.4, 0.5) is 0 Å². The zero-order valence-corrected chi connectivity index (χ0v) is 20.4. The van der Waals surface area contributed by atoms with E-state index in [0.29, 0.717) is 42.4 Å². The maximum Gasteiger partial charge on any atom is 0.190 e. The van der Waals surface area contributed by atoms with Crippen molar-refractivity contribution in [1.82, 2.24) is 0 Å². The third-order valence-electron chi connectivity index (χ3n) is 5.61. The van der Waals surface area contributed by atoms with Crippen LogP contribution in [0, 0.1) is 6.92 Å². The molecule has 5 heteroatoms. The molecule has 0 aliphatic heterocycles. The van der Waals surface area contributed by atoms with E-state index in [-0.39, 0.29) is 17.3 Å². The highest BCUT2D eigenvalue weighted by Crippen LogP contribution is 2.30. The number of rotatable bonds is 12. The van der Waals surface area contributed by atoms with Crippen molar-refractivity contribution in [3.63, 3.8) is 0 Å². The van der Waals surface area contributed by atoms with Crippen molar-refractivity contribution in [2.45, 2.75) is 91.8 Å². The number of aliphatic hydroxyl groups excluding tert-OH is 1. The van der Waals surface area contributed by atoms with Gasteiger partial charge >= 0.3 is 0 Å². The molecule has 0 radical (unpaired) electrons. The molecule has 0 aliphatic carbocycles. The van der Waals surface area contributed by atoms with Crippen LogP contribution in [0.25, 0.3) is 0 Å². The lowest BCUT2D eigenvalue weighted by atomic mass is 9.91. The Hall–Kier alpha value is -2.37. The fourth-order valence-electron chi connectivity index (χ4n) is 3.52. The fourth-order valence-corrected chi connectivity index (χ4v) is 3.52. The van der Waals surface area contributed by atoms with Gasteiger partial charge in [0.05, 0.1) is 5.60 Å². The molecule has 0 bridgehead atoms. The summed E-state index contributed by atoms with van der Waals surface area (Å²) < 4.78 is 0. The van der Waals surface area contributed by atoms with Crippen LogP contribution in [0.1, 0.15) is 77.8 Å². The van der Waals surface area contributed by atoms with Crippen molar-refractivity contribution in [3.05, 3.63) is 58.2 Å². The number of Topliss-reactive ketones (excluding diaryl/α,β-unsaturated/α-hetero) is 1. The van der Waals surface area contributed by atoms with Crippen LogP contribution >= 0.6 is 0 Å². The lowest BCUT2D eigenvalue weighted by Crippen LogP contribution is -2.24. The highest BCUT2D eigenvalue weighted by molar-refractivity contribution is 5.99. The Morgan fingerprint density at radius 3 is 2.34 bits per heavy atom. The molecule has 4 N–H and O–H groups in total. The molecule has 0 spiro atoms. The standard InChI is InChI=1S/C27H40O5/c1-18(2)15-24(29)26(31)20(4)11-7-9-19(3)10-8-13-27(6,32)14-12-22-17-23(28)16-21(5)25(22)30/h10-11,15-17,24,28-30,32H,7-9,12-14H2,1-6H3. The first-order valence-electron chi connectivity index (χ1n) is 11.3. The Labute approximate surface area is 192 Å². The van der Waals surface area contributed by atoms with Crippen LogP contribution < -0.4 is 0 Å². The lowest BCUT2D eigenvalue weighted by Gasteiger charge is -2.23. The largest absolute Gasteiger partial charge is 0.508 e. The average Bonchev–Trinajstić information content (AvgIpc) is 2.68. The summed E-state index contributed by atoms with van der Waals surface area (Å²) in [4.78, 5) is 12.1. The molecule has 32 heavy (non-hydrogen) atoms. The number of aryl methyl sites for hydroxylation is 2. The molecule has 178 valence electrons. The summed E-state index contributed by atoms with van der Waals surface area (Å²) in [7, 11) is 0. The molecule has 0 fully saturated rings. The first kappa shape index (κ1) is 27.7. The molecule has 0 saturated heterocycles. The third kappa shape index (κ3) is 9.84. The topological polar surface area (TPSA) is 98.0 Å². The molecule has 0 aromatic heterocycles. The summed E-state index contributed by atoms with van der Waals surface area (Å²) >= 11 is 0. The van der Waals surface area contributed by atoms with E-state index >= 15 is 0 Å². The molecule has 5 nitrogen and oxygen atoms in total. The van der Waals surface area contributed by atoms with Crippen LogP contribution in [-0.4, -0.2) is 37.9 Å². The Bertz CT molecular complexity index is 870. The summed E-state index contributed by atoms with van der Waals surface area (Å²) in [5.74, 6) is 0.0207. The van der Waals surface area contributed by atoms with Gasteiger partial charge in [-0.15, -0.1) is 0 Å². The number of benzene rings is 1. The first-order valence-corrected chi connectivity index (χ1v) is 11.3. The molecule has 2 unspecified atom stereocenters. The Kier molecular flexibility index (Phi) is 10.9. The number of hydrogen-bond donors (Lipinski definition) is 4. The second-order valence-electron chi connectivity index (χ2n) is 9.34. The van der Waals surface area contributed by atoms with E-state index in [2.05, 4.69) is 6.08 Å². The van der Waals surface area contributed by atoms with E-state index in [4.69, 9.17) is 0 Å². The van der Waals surface area contributed by atoms with E-state index in [1.54, 1.807) is 32.9 Å². The van der Waals surface area contributed by atoms with Gasteiger partial charge in [-0.2, -0.15) is 0 Å². The van der Waals surface area contributed by atoms with Gasteiger partial charge in [-0.3, -0.25) is 4.79 Å². The van der Waals surface area contributed by atoms with Crippen molar-refractivity contribution in [1.29, 1.82) is 0 Å². The molecule has 2 atom stereocenters. The van der Waals surface area contributed by atoms with E-state index in [1.165, 1.54) is 11.6 Å². The number of aliphatic hydroxyl groups is 2. The van der Waals surface area contributed by atoms with Gasteiger partial charge in [0.2, 0.25) is 0 Å². The minimum absolute atomic E-state index is 0.117. The van der Waals surface area contributed by atoms with Crippen LogP contribution in [0.5, 0.6) is 11.5 Å². The Balaban J connectivity index is 2.50. The zero-order chi connectivity index (χ0) is 24.5. The number of phenols is 2. The summed E-state index contributed by atoms with van der Waals surface area (Å²) in [6.45, 7) is 11.0. The molecule has 1 rings (SSSR count). The number of hydrogen-bond acceptors (Lipinski definition) is 5. The molecule has 0 heterocycles. The predicted molar refractivity (Wildman–Crippen MR) is 130 cm³/mol. The lowest BCUT2D eigenvalue weighted by molar-refractivity contribution is -0.121. The number of phenolic OH excluding ortho intramolecular Hbond substituents is 2. The van der Waals surface area contributed by atoms with Gasteiger partial charge in [-0.05, 0) is 115 Å². The molecular weight excluding hydrogens is 404 g/mol. The highest BCUT2D eigenvalue weighted by atomic mass is 16.3. The third-order valence-corrected chi connectivity index (χ3v) is 5.61. The quantitative estimate of drug-likeness (QED) is 0.195. The normalized spacial score (nSPS) is 15.2. The van der Waals surface area contributed by atoms with Gasteiger partial charge in [0.25, 0.3) is 0 Å². The SMILES string of the molecule is CC(C)=CC(O)C(=O)C(C)=CCCC(C)=CCCC(C)(O)CCc1cc(O)cc(C)c1O. The van der Waals surface area contributed by atoms with Crippen LogP contribution in [-0.2, 0) is 11.2 Å². The molecule has 0 amide bonds. The maximum absolute atomic E-state index is 12.1. The van der Waals surface area contributed by atoms with Crippen molar-refractivity contribution in [3.8, 4) is 11.5 Å². The zero-order valence-electron chi connectivity index (χ0n) is 20.4. The van der Waals surface area contributed by atoms with E-state index < -0.39 is 11.7 Å². The number of allylic oxidation sites excluding steroid dienone is 4. The predicted octanol–water partition coefficient (Wildman–Crippen LogP) is 5.44. The Morgan fingerprint density at radius 2 is 1.72 bits per heavy atom. The van der Waals surface area contributed by atoms with Crippen molar-refractivity contribution < 1.29 is 25.2 Å². The van der Waals surface area contributed by atoms with Gasteiger partial charge in [-0.1, -0.05) is 23.3 Å². The second kappa shape index (κ2) is 12.6. The summed E-state index contributed by atoms with van der Waals surface area (Å²) in [5, 5.41) is 40.5. The number of carbonyl (C=O) groups is 1. The second-order valence-corrected chi connectivity index (χ2v) is 9.34. The molecular formula is C27H40O5. The van der Waals surface area contributed by atoms with Gasteiger partial charge in [0.15, 0.2) is 5.78 Å². The minimum Gasteiger partial charge on any atom is -0.508 e. The number of ketones is 1. The van der Waals surface area contributed by atoms with Crippen LogP contribution in [0.3, 0.4) is 0 Å². The van der Waals surface area contributed by atoms with E-state index in [9.17, 15) is 25.2 Å². The Morgan fingerprint density at radius 1 is 1.06 bits per heavy atom. The first-order chi connectivity index (χ1) is 14.8. The van der Waals surface area contributed by atoms with Crippen molar-refractivity contribution in [2.24, 2.45) is 0 Å². The maximum atomic E-state index is 12.1. The fraction of sp³-hybridized carbons (Fsp3) is 0.519. The number of aromatic hydroxyl groups is 2. The average molecular weight is 445 g/mol. The minimum atomic E-state index is -1.08. The molecule has 1 aromatic carbocycles. The summed E-state index contributed by atoms with van der Waals surface area (Å²) in [6, 6.07) is 3.06. The smallest absolute Gasteiger partial charge is 0.190 e. The molecule has 1 aromatic rings. The van der Waals surface area contributed by atoms with Gasteiger partial charge in [-0.25, -0.2) is 0 Å². The van der Waals surface area contributed by atoms with E-state index in [1.807, 2.05) is 26.8 Å². The van der Waals surface area contributed by atoms with Gasteiger partial charge in [0, 0.05) is 0 Å². The van der Waals surface area contributed by atoms with Crippen LogP contribution in [0.2, 0.25) is 0 Å². The monoisotopic (exact) mass is 444 g/mol. The van der Waals surface area contributed by atoms with Crippen molar-refractivity contribution >= 4 is 5.78 Å². The number of carbonyl (C=O) groups excluding carboxylic acids is 1. The van der Waals surface area contributed by atoms with E-state index in [0.717, 1.165) is 18.4 Å². The van der Waals surface area contributed by atoms with Gasteiger partial charge < -0.3 is 20.4 Å². The highest BCUT2D eigenvalue weighted by Gasteiger charge is 2.20. The summed E-state index contributed by atoms with van der Waals surface area (Å²) in [6.07, 6.45) is 8.24. The van der Waals surface area contributed by atoms with Crippen LogP contribution in [0.15, 0.2) is 47.1 Å². The van der Waals surface area contributed by atoms with Gasteiger partial charge in [0.1, 0.15) is 17.6 Å². The van der Waals surface area contributed by atoms with Crippen molar-refractivity contribution in [2.75, 3.05) is 0 Å². The molecule has 0 aliphatic rings. The summed E-state index contributed by atoms with van der Waals surface area (Å²) in [5.41, 5.74) is 3.03. The molecule has 0 saturated carbocycles.